The Morgan fingerprint density at radius 1 is 1.15 bits per heavy atom. The van der Waals surface area contributed by atoms with Crippen LogP contribution < -0.4 is 10.0 Å². The van der Waals surface area contributed by atoms with Crippen molar-refractivity contribution in [2.45, 2.75) is 26.3 Å². The number of rotatable bonds is 9. The Morgan fingerprint density at radius 3 is 2.30 bits per heavy atom. The van der Waals surface area contributed by atoms with Gasteiger partial charge in [-0.15, -0.1) is 0 Å². The molecule has 0 spiro atoms. The van der Waals surface area contributed by atoms with Gasteiger partial charge in [-0.1, -0.05) is 31.2 Å². The van der Waals surface area contributed by atoms with E-state index < -0.39 is 10.2 Å². The van der Waals surface area contributed by atoms with Crippen molar-refractivity contribution in [3.05, 3.63) is 35.4 Å². The Morgan fingerprint density at radius 2 is 1.75 bits per heavy atom. The molecule has 0 unspecified atom stereocenters. The summed E-state index contributed by atoms with van der Waals surface area (Å²) in [6.07, 6.45) is 1.78. The number of nitrogens with zero attached hydrogens (tertiary/aromatic N) is 1. The summed E-state index contributed by atoms with van der Waals surface area (Å²) in [5, 5.41) is 3.00. The fourth-order valence-electron chi connectivity index (χ4n) is 1.78. The molecule has 6 heteroatoms. The standard InChI is InChI=1S/C14H25N3O2S/c1-4-13-6-8-14(9-7-13)12-16-20(18,19)17(3)11-5-10-15-2/h6-9,15-16H,4-5,10-12H2,1-3H3. The summed E-state index contributed by atoms with van der Waals surface area (Å²) in [5.41, 5.74) is 2.22. The van der Waals surface area contributed by atoms with Crippen LogP contribution in [0.4, 0.5) is 0 Å². The van der Waals surface area contributed by atoms with Gasteiger partial charge >= 0.3 is 0 Å². The Kier molecular flexibility index (Phi) is 7.15. The molecule has 0 atom stereocenters. The summed E-state index contributed by atoms with van der Waals surface area (Å²) in [7, 11) is 0.0502. The van der Waals surface area contributed by atoms with E-state index in [4.69, 9.17) is 0 Å². The predicted molar refractivity (Wildman–Crippen MR) is 82.8 cm³/mol. The summed E-state index contributed by atoms with van der Waals surface area (Å²) in [4.78, 5) is 0. The van der Waals surface area contributed by atoms with E-state index in [-0.39, 0.29) is 0 Å². The zero-order chi connectivity index (χ0) is 15.0. The van der Waals surface area contributed by atoms with Gasteiger partial charge in [0.15, 0.2) is 0 Å². The Hall–Kier alpha value is -0.950. The molecule has 0 saturated heterocycles. The minimum absolute atomic E-state index is 0.322. The number of aryl methyl sites for hydroxylation is 1. The van der Waals surface area contributed by atoms with E-state index in [9.17, 15) is 8.42 Å². The molecule has 0 aliphatic rings. The van der Waals surface area contributed by atoms with E-state index >= 15 is 0 Å². The van der Waals surface area contributed by atoms with Crippen molar-refractivity contribution in [2.75, 3.05) is 27.2 Å². The maximum Gasteiger partial charge on any atom is 0.279 e. The third-order valence-corrected chi connectivity index (χ3v) is 4.71. The maximum atomic E-state index is 12.0. The molecule has 0 saturated carbocycles. The molecule has 0 aromatic heterocycles. The van der Waals surface area contributed by atoms with Crippen molar-refractivity contribution in [3.8, 4) is 0 Å². The van der Waals surface area contributed by atoms with Crippen LogP contribution in [0.2, 0.25) is 0 Å². The second-order valence-corrected chi connectivity index (χ2v) is 6.64. The number of hydrogen-bond donors (Lipinski definition) is 2. The summed E-state index contributed by atoms with van der Waals surface area (Å²) in [6, 6.07) is 7.98. The molecule has 0 aliphatic carbocycles. The highest BCUT2D eigenvalue weighted by Gasteiger charge is 2.16. The van der Waals surface area contributed by atoms with Crippen molar-refractivity contribution in [3.63, 3.8) is 0 Å². The summed E-state index contributed by atoms with van der Waals surface area (Å²) >= 11 is 0. The van der Waals surface area contributed by atoms with Crippen molar-refractivity contribution in [1.82, 2.24) is 14.3 Å². The average molecular weight is 299 g/mol. The normalized spacial score (nSPS) is 12.0. The van der Waals surface area contributed by atoms with E-state index in [2.05, 4.69) is 17.0 Å². The molecule has 0 aliphatic heterocycles. The first-order valence-electron chi connectivity index (χ1n) is 6.93. The molecule has 0 radical (unpaired) electrons. The lowest BCUT2D eigenvalue weighted by atomic mass is 10.1. The van der Waals surface area contributed by atoms with E-state index in [0.29, 0.717) is 13.1 Å². The second-order valence-electron chi connectivity index (χ2n) is 4.77. The molecule has 1 aromatic carbocycles. The minimum atomic E-state index is -3.40. The smallest absolute Gasteiger partial charge is 0.279 e. The average Bonchev–Trinajstić information content (AvgIpc) is 2.46. The highest BCUT2D eigenvalue weighted by atomic mass is 32.2. The second kappa shape index (κ2) is 8.36. The predicted octanol–water partition coefficient (Wildman–Crippen LogP) is 1.12. The van der Waals surface area contributed by atoms with Crippen LogP contribution in [-0.4, -0.2) is 39.9 Å². The van der Waals surface area contributed by atoms with Crippen LogP contribution in [0.5, 0.6) is 0 Å². The molecule has 1 rings (SSSR count). The van der Waals surface area contributed by atoms with Crippen molar-refractivity contribution < 1.29 is 8.42 Å². The molecular weight excluding hydrogens is 274 g/mol. The van der Waals surface area contributed by atoms with E-state index in [0.717, 1.165) is 24.9 Å². The van der Waals surface area contributed by atoms with Crippen molar-refractivity contribution in [1.29, 1.82) is 0 Å². The van der Waals surface area contributed by atoms with Crippen molar-refractivity contribution >= 4 is 10.2 Å². The topological polar surface area (TPSA) is 61.4 Å². The maximum absolute atomic E-state index is 12.0. The van der Waals surface area contributed by atoms with Gasteiger partial charge in [-0.05, 0) is 37.6 Å². The van der Waals surface area contributed by atoms with E-state index in [1.54, 1.807) is 7.05 Å². The van der Waals surface area contributed by atoms with Gasteiger partial charge in [0.1, 0.15) is 0 Å². The number of hydrogen-bond acceptors (Lipinski definition) is 3. The lowest BCUT2D eigenvalue weighted by Crippen LogP contribution is -2.38. The first-order valence-corrected chi connectivity index (χ1v) is 8.37. The highest BCUT2D eigenvalue weighted by molar-refractivity contribution is 7.87. The monoisotopic (exact) mass is 299 g/mol. The van der Waals surface area contributed by atoms with Crippen LogP contribution >= 0.6 is 0 Å². The van der Waals surface area contributed by atoms with Gasteiger partial charge in [0, 0.05) is 20.1 Å². The van der Waals surface area contributed by atoms with Gasteiger partial charge in [0.2, 0.25) is 0 Å². The van der Waals surface area contributed by atoms with Gasteiger partial charge in [-0.3, -0.25) is 0 Å². The fraction of sp³-hybridized carbons (Fsp3) is 0.571. The van der Waals surface area contributed by atoms with E-state index in [1.165, 1.54) is 9.87 Å². The summed E-state index contributed by atoms with van der Waals surface area (Å²) in [5.74, 6) is 0. The largest absolute Gasteiger partial charge is 0.320 e. The van der Waals surface area contributed by atoms with Crippen LogP contribution in [0.15, 0.2) is 24.3 Å². The molecule has 114 valence electrons. The van der Waals surface area contributed by atoms with Gasteiger partial charge in [0.25, 0.3) is 10.2 Å². The van der Waals surface area contributed by atoms with Crippen LogP contribution in [0.1, 0.15) is 24.5 Å². The van der Waals surface area contributed by atoms with E-state index in [1.807, 2.05) is 31.3 Å². The highest BCUT2D eigenvalue weighted by Crippen LogP contribution is 2.06. The van der Waals surface area contributed by atoms with Crippen LogP contribution in [0.3, 0.4) is 0 Å². The number of nitrogens with one attached hydrogen (secondary N) is 2. The Labute approximate surface area is 122 Å². The third kappa shape index (κ3) is 5.58. The summed E-state index contributed by atoms with van der Waals surface area (Å²) in [6.45, 7) is 3.73. The van der Waals surface area contributed by atoms with Crippen LogP contribution in [-0.2, 0) is 23.2 Å². The number of benzene rings is 1. The minimum Gasteiger partial charge on any atom is -0.320 e. The first kappa shape index (κ1) is 17.1. The van der Waals surface area contributed by atoms with Gasteiger partial charge in [-0.2, -0.15) is 17.4 Å². The third-order valence-electron chi connectivity index (χ3n) is 3.20. The molecule has 0 heterocycles. The van der Waals surface area contributed by atoms with Gasteiger partial charge in [-0.25, -0.2) is 0 Å². The zero-order valence-corrected chi connectivity index (χ0v) is 13.3. The quantitative estimate of drug-likeness (QED) is 0.672. The molecule has 1 aromatic rings. The molecule has 0 bridgehead atoms. The Bertz CT molecular complexity index is 486. The summed E-state index contributed by atoms with van der Waals surface area (Å²) < 4.78 is 28.0. The molecular formula is C14H25N3O2S. The molecule has 0 amide bonds. The first-order chi connectivity index (χ1) is 9.49. The van der Waals surface area contributed by atoms with Crippen LogP contribution in [0.25, 0.3) is 0 Å². The van der Waals surface area contributed by atoms with Gasteiger partial charge < -0.3 is 5.32 Å². The van der Waals surface area contributed by atoms with Crippen LogP contribution in [0, 0.1) is 0 Å². The lowest BCUT2D eigenvalue weighted by molar-refractivity contribution is 0.447. The molecule has 0 fully saturated rings. The fourth-order valence-corrected chi connectivity index (χ4v) is 2.72. The van der Waals surface area contributed by atoms with Crippen molar-refractivity contribution in [2.24, 2.45) is 0 Å². The van der Waals surface area contributed by atoms with Gasteiger partial charge in [0.05, 0.1) is 0 Å². The SMILES string of the molecule is CCc1ccc(CNS(=O)(=O)N(C)CCCNC)cc1. The Balaban J connectivity index is 2.49. The molecule has 2 N–H and O–H groups in total. The molecule has 20 heavy (non-hydrogen) atoms. The zero-order valence-electron chi connectivity index (χ0n) is 12.5. The lowest BCUT2D eigenvalue weighted by Gasteiger charge is -2.17. The molecule has 5 nitrogen and oxygen atoms in total.